The zero-order valence-electron chi connectivity index (χ0n) is 21.9. The highest BCUT2D eigenvalue weighted by Crippen LogP contribution is 2.63. The third-order valence-corrected chi connectivity index (χ3v) is 8.61. The number of nitriles is 1. The van der Waals surface area contributed by atoms with Crippen LogP contribution in [0.3, 0.4) is 0 Å². The molecule has 4 aromatic rings. The van der Waals surface area contributed by atoms with Gasteiger partial charge in [-0.2, -0.15) is 10.4 Å². The summed E-state index contributed by atoms with van der Waals surface area (Å²) in [5, 5.41) is 14.2. The number of carbonyl (C=O) groups is 3. The average Bonchev–Trinajstić information content (AvgIpc) is 3.28. The van der Waals surface area contributed by atoms with Crippen molar-refractivity contribution in [2.24, 2.45) is 16.9 Å². The number of anilines is 1. The van der Waals surface area contributed by atoms with Crippen LogP contribution in [0.2, 0.25) is 0 Å². The summed E-state index contributed by atoms with van der Waals surface area (Å²) in [6, 6.07) is 33.9. The Hall–Kier alpha value is -5.35. The summed E-state index contributed by atoms with van der Waals surface area (Å²) in [6.45, 7) is 0. The number of nitrogens with one attached hydrogen (secondary N) is 1. The Labute approximate surface area is 236 Å². The molecule has 1 aliphatic heterocycles. The minimum absolute atomic E-state index is 0.155. The van der Waals surface area contributed by atoms with Gasteiger partial charge in [-0.15, -0.1) is 0 Å². The first-order valence-electron chi connectivity index (χ1n) is 13.5. The summed E-state index contributed by atoms with van der Waals surface area (Å²) in [4.78, 5) is 42.7. The molecule has 0 radical (unpaired) electrons. The number of imide groups is 1. The maximum absolute atomic E-state index is 14.4. The second-order valence-corrected chi connectivity index (χ2v) is 10.6. The lowest BCUT2D eigenvalue weighted by molar-refractivity contribution is -0.123. The van der Waals surface area contributed by atoms with Crippen molar-refractivity contribution in [3.8, 4) is 6.07 Å². The fourth-order valence-electron chi connectivity index (χ4n) is 7.08. The predicted molar refractivity (Wildman–Crippen MR) is 153 cm³/mol. The van der Waals surface area contributed by atoms with Crippen LogP contribution in [0, 0.1) is 23.2 Å². The third kappa shape index (κ3) is 3.51. The molecule has 8 rings (SSSR count). The van der Waals surface area contributed by atoms with E-state index in [1.807, 2.05) is 78.9 Å². The Balaban J connectivity index is 1.38. The highest BCUT2D eigenvalue weighted by atomic mass is 16.2. The molecule has 2 atom stereocenters. The van der Waals surface area contributed by atoms with Crippen molar-refractivity contribution < 1.29 is 14.4 Å². The fourth-order valence-corrected chi connectivity index (χ4v) is 7.08. The number of amides is 3. The van der Waals surface area contributed by atoms with E-state index in [-0.39, 0.29) is 41.3 Å². The van der Waals surface area contributed by atoms with Gasteiger partial charge in [-0.25, -0.2) is 10.3 Å². The molecule has 3 amide bonds. The molecular weight excluding hydrogens is 512 g/mol. The molecule has 1 N–H and O–H groups in total. The van der Waals surface area contributed by atoms with Crippen LogP contribution in [0.4, 0.5) is 5.69 Å². The maximum Gasteiger partial charge on any atom is 0.244 e. The van der Waals surface area contributed by atoms with Crippen LogP contribution < -0.4 is 10.3 Å². The number of para-hydroxylation sites is 1. The predicted octanol–water partition coefficient (Wildman–Crippen LogP) is 4.45. The summed E-state index contributed by atoms with van der Waals surface area (Å²) in [5.41, 5.74) is 6.67. The number of hydrogen-bond acceptors (Lipinski definition) is 5. The van der Waals surface area contributed by atoms with Gasteiger partial charge in [0.15, 0.2) is 0 Å². The number of hydrogen-bond donors (Lipinski definition) is 1. The molecule has 3 aliphatic carbocycles. The first-order chi connectivity index (χ1) is 20.1. The zero-order chi connectivity index (χ0) is 28.1. The van der Waals surface area contributed by atoms with Crippen molar-refractivity contribution in [1.82, 2.24) is 5.43 Å². The molecule has 0 saturated carbocycles. The highest BCUT2D eigenvalue weighted by Gasteiger charge is 2.68. The minimum atomic E-state index is -1.10. The molecule has 4 aliphatic rings. The van der Waals surface area contributed by atoms with E-state index in [0.717, 1.165) is 27.8 Å². The van der Waals surface area contributed by atoms with E-state index in [9.17, 15) is 19.6 Å². The second-order valence-electron chi connectivity index (χ2n) is 10.6. The average molecular weight is 537 g/mol. The molecule has 7 heteroatoms. The van der Waals surface area contributed by atoms with Crippen LogP contribution in [-0.2, 0) is 26.2 Å². The molecule has 1 heterocycles. The van der Waals surface area contributed by atoms with Crippen LogP contribution in [0.15, 0.2) is 108 Å². The Bertz CT molecular complexity index is 1760. The van der Waals surface area contributed by atoms with E-state index in [4.69, 9.17) is 0 Å². The highest BCUT2D eigenvalue weighted by molar-refractivity contribution is 6.25. The second kappa shape index (κ2) is 9.39. The molecule has 2 bridgehead atoms. The number of carbonyl (C=O) groups excluding carboxylic acids is 3. The lowest BCUT2D eigenvalue weighted by Gasteiger charge is -2.52. The van der Waals surface area contributed by atoms with E-state index in [1.54, 1.807) is 30.5 Å². The van der Waals surface area contributed by atoms with Crippen molar-refractivity contribution in [2.75, 3.05) is 4.90 Å². The van der Waals surface area contributed by atoms with Crippen molar-refractivity contribution in [3.63, 3.8) is 0 Å². The van der Waals surface area contributed by atoms with E-state index < -0.39 is 17.3 Å². The standard InChI is InChI=1S/C34H24N4O3/c35-19-22-12-4-9-17-27(22)38-32(40)30-29-23-13-5-7-15-25(23)34(31(30)33(38)41,26-16-8-6-14-24(26)29)20-36-37-28(39)18-21-10-2-1-3-11-21/h1-17,20,29-31H,18H2,(H,37,39)/b36-20-/t29?,30-,31+,34?/m1/s1. The molecule has 0 aromatic heterocycles. The van der Waals surface area contributed by atoms with Crippen molar-refractivity contribution in [3.05, 3.63) is 137 Å². The quantitative estimate of drug-likeness (QED) is 0.231. The fraction of sp³-hybridized carbons (Fsp3) is 0.147. The van der Waals surface area contributed by atoms with Crippen molar-refractivity contribution in [1.29, 1.82) is 5.26 Å². The van der Waals surface area contributed by atoms with Gasteiger partial charge in [0.25, 0.3) is 0 Å². The van der Waals surface area contributed by atoms with Gasteiger partial charge in [0, 0.05) is 12.1 Å². The maximum atomic E-state index is 14.4. The first kappa shape index (κ1) is 24.7. The third-order valence-electron chi connectivity index (χ3n) is 8.61. The Morgan fingerprint density at radius 2 is 1.46 bits per heavy atom. The number of rotatable bonds is 5. The first-order valence-corrected chi connectivity index (χ1v) is 13.5. The largest absolute Gasteiger partial charge is 0.274 e. The van der Waals surface area contributed by atoms with Crippen LogP contribution in [-0.4, -0.2) is 23.9 Å². The Morgan fingerprint density at radius 1 is 0.854 bits per heavy atom. The van der Waals surface area contributed by atoms with Crippen LogP contribution >= 0.6 is 0 Å². The van der Waals surface area contributed by atoms with Gasteiger partial charge in [0.1, 0.15) is 6.07 Å². The van der Waals surface area contributed by atoms with Crippen LogP contribution in [0.25, 0.3) is 0 Å². The molecule has 41 heavy (non-hydrogen) atoms. The van der Waals surface area contributed by atoms with Gasteiger partial charge in [-0.3, -0.25) is 14.4 Å². The van der Waals surface area contributed by atoms with E-state index >= 15 is 0 Å². The van der Waals surface area contributed by atoms with Gasteiger partial charge in [0.05, 0.1) is 34.9 Å². The molecule has 0 unspecified atom stereocenters. The van der Waals surface area contributed by atoms with E-state index in [1.165, 1.54) is 4.90 Å². The summed E-state index contributed by atoms with van der Waals surface area (Å²) in [6.07, 6.45) is 1.80. The Morgan fingerprint density at radius 3 is 2.15 bits per heavy atom. The number of nitrogens with zero attached hydrogens (tertiary/aromatic N) is 3. The van der Waals surface area contributed by atoms with Crippen molar-refractivity contribution in [2.45, 2.75) is 17.8 Å². The summed E-state index contributed by atoms with van der Waals surface area (Å²) in [5.74, 6) is -2.81. The van der Waals surface area contributed by atoms with Crippen LogP contribution in [0.1, 0.15) is 39.3 Å². The summed E-state index contributed by atoms with van der Waals surface area (Å²) < 4.78 is 0. The van der Waals surface area contributed by atoms with Gasteiger partial charge in [-0.1, -0.05) is 91.0 Å². The topological polar surface area (TPSA) is 103 Å². The molecule has 1 fully saturated rings. The van der Waals surface area contributed by atoms with Crippen LogP contribution in [0.5, 0.6) is 0 Å². The summed E-state index contributed by atoms with van der Waals surface area (Å²) in [7, 11) is 0. The van der Waals surface area contributed by atoms with Gasteiger partial charge >= 0.3 is 0 Å². The Kier molecular flexibility index (Phi) is 5.65. The molecular formula is C34H24N4O3. The molecule has 7 nitrogen and oxygen atoms in total. The smallest absolute Gasteiger partial charge is 0.244 e. The van der Waals surface area contributed by atoms with Gasteiger partial charge < -0.3 is 0 Å². The van der Waals surface area contributed by atoms with Gasteiger partial charge in [0.2, 0.25) is 17.7 Å². The number of hydrazone groups is 1. The minimum Gasteiger partial charge on any atom is -0.274 e. The number of benzene rings is 4. The lowest BCUT2D eigenvalue weighted by Crippen LogP contribution is -2.54. The molecule has 4 aromatic carbocycles. The zero-order valence-corrected chi connectivity index (χ0v) is 21.9. The normalized spacial score (nSPS) is 23.6. The SMILES string of the molecule is N#Cc1ccccc1N1C(=O)[C@@H]2C3c4ccccc4C(/C=N\NC(=O)Cc4ccccc4)(c4ccccc43)[C@@H]2C1=O. The molecule has 198 valence electrons. The van der Waals surface area contributed by atoms with E-state index in [2.05, 4.69) is 16.6 Å². The molecule has 0 spiro atoms. The monoisotopic (exact) mass is 536 g/mol. The summed E-state index contributed by atoms with van der Waals surface area (Å²) >= 11 is 0. The molecule has 1 saturated heterocycles. The van der Waals surface area contributed by atoms with Gasteiger partial charge in [-0.05, 0) is 39.9 Å². The lowest BCUT2D eigenvalue weighted by atomic mass is 9.47. The van der Waals surface area contributed by atoms with E-state index in [0.29, 0.717) is 0 Å². The van der Waals surface area contributed by atoms with Crippen molar-refractivity contribution >= 4 is 29.6 Å².